The summed E-state index contributed by atoms with van der Waals surface area (Å²) in [5.74, 6) is 1.24. The maximum absolute atomic E-state index is 13.1. The van der Waals surface area contributed by atoms with Crippen molar-refractivity contribution in [3.8, 4) is 11.5 Å². The maximum Gasteiger partial charge on any atom is 0.206 e. The van der Waals surface area contributed by atoms with Crippen LogP contribution in [-0.4, -0.2) is 34.2 Å². The quantitative estimate of drug-likeness (QED) is 0.893. The van der Waals surface area contributed by atoms with E-state index in [4.69, 9.17) is 9.47 Å². The standard InChI is InChI=1S/C20H23NO4S/c1-3-24-14-5-4-6-15(11-14)26(22,23)16-7-8-17-18(12-16)25-19-13-21-10-9-20(17,19)2/h4-8,11-12,19,21H,3,9-10,13H2,1-2H3. The van der Waals surface area contributed by atoms with Crippen LogP contribution < -0.4 is 14.8 Å². The highest BCUT2D eigenvalue weighted by Crippen LogP contribution is 2.47. The molecule has 138 valence electrons. The molecule has 1 fully saturated rings. The molecule has 0 spiro atoms. The van der Waals surface area contributed by atoms with E-state index in [1.165, 1.54) is 0 Å². The van der Waals surface area contributed by atoms with Crippen LogP contribution in [0, 0.1) is 0 Å². The zero-order chi connectivity index (χ0) is 18.4. The van der Waals surface area contributed by atoms with Crippen molar-refractivity contribution in [3.05, 3.63) is 48.0 Å². The second-order valence-corrected chi connectivity index (χ2v) is 9.00. The van der Waals surface area contributed by atoms with Crippen LogP contribution in [-0.2, 0) is 15.3 Å². The largest absolute Gasteiger partial charge is 0.494 e. The zero-order valence-electron chi connectivity index (χ0n) is 15.0. The molecule has 0 aliphatic carbocycles. The molecule has 0 bridgehead atoms. The average Bonchev–Trinajstić information content (AvgIpc) is 2.94. The predicted molar refractivity (Wildman–Crippen MR) is 98.8 cm³/mol. The number of piperidine rings is 1. The molecule has 0 aromatic heterocycles. The number of fused-ring (bicyclic) bond motifs is 3. The second kappa shape index (κ2) is 6.28. The predicted octanol–water partition coefficient (Wildman–Crippen LogP) is 2.93. The van der Waals surface area contributed by atoms with Crippen molar-refractivity contribution in [2.24, 2.45) is 0 Å². The van der Waals surface area contributed by atoms with Crippen molar-refractivity contribution in [3.63, 3.8) is 0 Å². The van der Waals surface area contributed by atoms with Gasteiger partial charge < -0.3 is 14.8 Å². The Bertz CT molecular complexity index is 941. The van der Waals surface area contributed by atoms with Crippen LogP contribution in [0.4, 0.5) is 0 Å². The van der Waals surface area contributed by atoms with Gasteiger partial charge in [0.15, 0.2) is 0 Å². The van der Waals surface area contributed by atoms with Gasteiger partial charge in [-0.15, -0.1) is 0 Å². The minimum absolute atomic E-state index is 0.0467. The molecule has 2 aromatic rings. The summed E-state index contributed by atoms with van der Waals surface area (Å²) in [6.45, 7) is 6.28. The molecule has 2 aromatic carbocycles. The molecule has 0 saturated carbocycles. The Morgan fingerprint density at radius 1 is 1.23 bits per heavy atom. The van der Waals surface area contributed by atoms with Crippen LogP contribution in [0.1, 0.15) is 25.8 Å². The van der Waals surface area contributed by atoms with Crippen molar-refractivity contribution in [2.75, 3.05) is 19.7 Å². The molecule has 26 heavy (non-hydrogen) atoms. The van der Waals surface area contributed by atoms with Crippen molar-refractivity contribution in [2.45, 2.75) is 41.6 Å². The first kappa shape index (κ1) is 17.4. The Hall–Kier alpha value is -2.05. The summed E-state index contributed by atoms with van der Waals surface area (Å²) in [4.78, 5) is 0.479. The van der Waals surface area contributed by atoms with Gasteiger partial charge in [0, 0.05) is 17.5 Å². The van der Waals surface area contributed by atoms with Gasteiger partial charge in [0.25, 0.3) is 0 Å². The lowest BCUT2D eigenvalue weighted by Gasteiger charge is -2.35. The van der Waals surface area contributed by atoms with Crippen LogP contribution >= 0.6 is 0 Å². The van der Waals surface area contributed by atoms with Gasteiger partial charge in [-0.3, -0.25) is 0 Å². The van der Waals surface area contributed by atoms with E-state index in [1.807, 2.05) is 13.0 Å². The number of ether oxygens (including phenoxy) is 2. The summed E-state index contributed by atoms with van der Waals surface area (Å²) in [6.07, 6.45) is 1.03. The Balaban J connectivity index is 1.72. The molecule has 5 nitrogen and oxygen atoms in total. The van der Waals surface area contributed by atoms with Crippen LogP contribution in [0.25, 0.3) is 0 Å². The summed E-state index contributed by atoms with van der Waals surface area (Å²) < 4.78 is 37.7. The normalized spacial score (nSPS) is 24.5. The zero-order valence-corrected chi connectivity index (χ0v) is 15.8. The highest BCUT2D eigenvalue weighted by Gasteiger charge is 2.46. The molecule has 2 atom stereocenters. The second-order valence-electron chi connectivity index (χ2n) is 7.05. The molecule has 0 radical (unpaired) electrons. The topological polar surface area (TPSA) is 64.6 Å². The average molecular weight is 373 g/mol. The smallest absolute Gasteiger partial charge is 0.206 e. The van der Waals surface area contributed by atoms with Crippen LogP contribution in [0.15, 0.2) is 52.3 Å². The lowest BCUT2D eigenvalue weighted by molar-refractivity contribution is 0.123. The molecule has 1 N–H and O–H groups in total. The van der Waals surface area contributed by atoms with Crippen LogP contribution in [0.3, 0.4) is 0 Å². The summed E-state index contributed by atoms with van der Waals surface area (Å²) >= 11 is 0. The van der Waals surface area contributed by atoms with Crippen molar-refractivity contribution < 1.29 is 17.9 Å². The summed E-state index contributed by atoms with van der Waals surface area (Å²) in [6, 6.07) is 11.9. The lowest BCUT2D eigenvalue weighted by atomic mass is 9.74. The van der Waals surface area contributed by atoms with Crippen molar-refractivity contribution >= 4 is 9.84 Å². The third-order valence-corrected chi connectivity index (χ3v) is 7.19. The molecule has 2 aliphatic rings. The van der Waals surface area contributed by atoms with E-state index in [1.54, 1.807) is 36.4 Å². The van der Waals surface area contributed by atoms with Crippen molar-refractivity contribution in [1.82, 2.24) is 5.32 Å². The highest BCUT2D eigenvalue weighted by atomic mass is 32.2. The van der Waals surface area contributed by atoms with Gasteiger partial charge in [-0.2, -0.15) is 0 Å². The van der Waals surface area contributed by atoms with E-state index < -0.39 is 9.84 Å². The molecule has 6 heteroatoms. The number of rotatable bonds is 4. The van der Waals surface area contributed by atoms with Gasteiger partial charge in [-0.05, 0) is 50.2 Å². The molecular formula is C20H23NO4S. The first-order valence-corrected chi connectivity index (χ1v) is 10.4. The summed E-state index contributed by atoms with van der Waals surface area (Å²) in [5, 5.41) is 3.35. The van der Waals surface area contributed by atoms with E-state index in [0.29, 0.717) is 18.1 Å². The third kappa shape index (κ3) is 2.68. The van der Waals surface area contributed by atoms with Gasteiger partial charge in [0.1, 0.15) is 17.6 Å². The Kier molecular flexibility index (Phi) is 4.20. The molecule has 1 saturated heterocycles. The fourth-order valence-corrected chi connectivity index (χ4v) is 5.18. The number of sulfone groups is 1. The number of nitrogens with one attached hydrogen (secondary N) is 1. The maximum atomic E-state index is 13.1. The molecule has 4 rings (SSSR count). The molecule has 0 amide bonds. The first-order valence-electron chi connectivity index (χ1n) is 8.95. The third-order valence-electron chi connectivity index (χ3n) is 5.44. The fraction of sp³-hybridized carbons (Fsp3) is 0.400. The Morgan fingerprint density at radius 2 is 2.04 bits per heavy atom. The Labute approximate surface area is 154 Å². The minimum Gasteiger partial charge on any atom is -0.494 e. The van der Waals surface area contributed by atoms with E-state index in [9.17, 15) is 8.42 Å². The summed E-state index contributed by atoms with van der Waals surface area (Å²) in [7, 11) is -3.63. The summed E-state index contributed by atoms with van der Waals surface area (Å²) in [5.41, 5.74) is 1.05. The molecular weight excluding hydrogens is 350 g/mol. The van der Waals surface area contributed by atoms with E-state index in [0.717, 1.165) is 25.1 Å². The van der Waals surface area contributed by atoms with Gasteiger partial charge >= 0.3 is 0 Å². The van der Waals surface area contributed by atoms with E-state index >= 15 is 0 Å². The monoisotopic (exact) mass is 373 g/mol. The SMILES string of the molecule is CCOc1cccc(S(=O)(=O)c2ccc3c(c2)OC2CNCCC32C)c1. The highest BCUT2D eigenvalue weighted by molar-refractivity contribution is 7.91. The molecule has 2 heterocycles. The Morgan fingerprint density at radius 3 is 2.85 bits per heavy atom. The van der Waals surface area contributed by atoms with Gasteiger partial charge in [0.2, 0.25) is 9.84 Å². The van der Waals surface area contributed by atoms with Crippen molar-refractivity contribution in [1.29, 1.82) is 0 Å². The number of hydrogen-bond acceptors (Lipinski definition) is 5. The minimum atomic E-state index is -3.63. The first-order chi connectivity index (χ1) is 12.4. The molecule has 2 aliphatic heterocycles. The van der Waals surface area contributed by atoms with Gasteiger partial charge in [0.05, 0.1) is 16.4 Å². The number of benzene rings is 2. The van der Waals surface area contributed by atoms with E-state index in [-0.39, 0.29) is 21.3 Å². The van der Waals surface area contributed by atoms with Crippen LogP contribution in [0.5, 0.6) is 11.5 Å². The number of hydrogen-bond donors (Lipinski definition) is 1. The lowest BCUT2D eigenvalue weighted by Crippen LogP contribution is -2.49. The van der Waals surface area contributed by atoms with Gasteiger partial charge in [-0.25, -0.2) is 8.42 Å². The van der Waals surface area contributed by atoms with Gasteiger partial charge in [-0.1, -0.05) is 19.1 Å². The molecule has 2 unspecified atom stereocenters. The fourth-order valence-electron chi connectivity index (χ4n) is 3.87. The van der Waals surface area contributed by atoms with E-state index in [2.05, 4.69) is 12.2 Å². The van der Waals surface area contributed by atoms with Crippen LogP contribution in [0.2, 0.25) is 0 Å².